The van der Waals surface area contributed by atoms with Crippen LogP contribution >= 0.6 is 0 Å². The molecule has 7 heteroatoms. The molecule has 0 spiro atoms. The van der Waals surface area contributed by atoms with Crippen LogP contribution < -0.4 is 10.4 Å². The van der Waals surface area contributed by atoms with E-state index in [0.717, 1.165) is 24.3 Å². The Morgan fingerprint density at radius 3 is 2.05 bits per heavy atom. The molecule has 0 aliphatic heterocycles. The van der Waals surface area contributed by atoms with Gasteiger partial charge in [0.25, 0.3) is 0 Å². The summed E-state index contributed by atoms with van der Waals surface area (Å²) in [7, 11) is 0. The molecule has 2 rings (SSSR count). The predicted molar refractivity (Wildman–Crippen MR) is 64.4 cm³/mol. The van der Waals surface area contributed by atoms with Crippen molar-refractivity contribution in [1.29, 1.82) is 5.26 Å². The lowest BCUT2D eigenvalue weighted by Crippen LogP contribution is -2.25. The number of hydrogen-bond acceptors (Lipinski definition) is 3. The highest BCUT2D eigenvalue weighted by atomic mass is 19.1. The van der Waals surface area contributed by atoms with E-state index in [2.05, 4.69) is 5.43 Å². The van der Waals surface area contributed by atoms with Crippen LogP contribution in [0.15, 0.2) is 36.4 Å². The van der Waals surface area contributed by atoms with Crippen LogP contribution in [0.3, 0.4) is 0 Å². The second-order valence-corrected chi connectivity index (χ2v) is 3.77. The summed E-state index contributed by atoms with van der Waals surface area (Å²) < 4.78 is 52.5. The fourth-order valence-electron chi connectivity index (χ4n) is 1.50. The maximum Gasteiger partial charge on any atom is 0.205 e. The third-order valence-electron chi connectivity index (χ3n) is 2.41. The molecule has 0 heterocycles. The van der Waals surface area contributed by atoms with Gasteiger partial charge in [-0.25, -0.2) is 17.6 Å². The summed E-state index contributed by atoms with van der Waals surface area (Å²) in [5.41, 5.74) is 1.75. The van der Waals surface area contributed by atoms with Crippen LogP contribution in [0, 0.1) is 34.7 Å². The number of hydrazine groups is 1. The molecule has 2 aromatic rings. The highest BCUT2D eigenvalue weighted by Gasteiger charge is 2.14. The Labute approximate surface area is 111 Å². The molecule has 0 bridgehead atoms. The highest BCUT2D eigenvalue weighted by molar-refractivity contribution is 5.59. The minimum Gasteiger partial charge on any atom is -0.282 e. The lowest BCUT2D eigenvalue weighted by atomic mass is 10.3. The molecule has 2 aromatic carbocycles. The number of hydrogen-bond donors (Lipinski definition) is 1. The second kappa shape index (κ2) is 5.48. The molecule has 0 unspecified atom stereocenters. The lowest BCUT2D eigenvalue weighted by Gasteiger charge is -2.18. The van der Waals surface area contributed by atoms with Crippen molar-refractivity contribution in [3.8, 4) is 6.19 Å². The van der Waals surface area contributed by atoms with Crippen molar-refractivity contribution in [3.63, 3.8) is 0 Å². The first-order valence-electron chi connectivity index (χ1n) is 5.38. The average molecular weight is 281 g/mol. The van der Waals surface area contributed by atoms with Gasteiger partial charge in [0.05, 0.1) is 5.69 Å². The molecule has 0 amide bonds. The summed E-state index contributed by atoms with van der Waals surface area (Å²) in [4.78, 5) is 0. The summed E-state index contributed by atoms with van der Waals surface area (Å²) in [6.45, 7) is 0. The molecule has 1 N–H and O–H groups in total. The molecule has 0 aliphatic rings. The highest BCUT2D eigenvalue weighted by Crippen LogP contribution is 2.22. The van der Waals surface area contributed by atoms with Gasteiger partial charge in [0.15, 0.2) is 11.6 Å². The standard InChI is InChI=1S/C13H7F4N3/c14-8-1-3-12(10(16)5-8)19-20(7-18)13-4-2-9(15)6-11(13)17/h1-6,19H. The van der Waals surface area contributed by atoms with Gasteiger partial charge in [-0.2, -0.15) is 10.3 Å². The van der Waals surface area contributed by atoms with E-state index in [9.17, 15) is 17.6 Å². The van der Waals surface area contributed by atoms with Gasteiger partial charge in [-0.1, -0.05) is 0 Å². The van der Waals surface area contributed by atoms with E-state index in [1.165, 1.54) is 0 Å². The van der Waals surface area contributed by atoms with E-state index in [4.69, 9.17) is 5.26 Å². The van der Waals surface area contributed by atoms with Crippen LogP contribution in [-0.2, 0) is 0 Å². The summed E-state index contributed by atoms with van der Waals surface area (Å²) in [5.74, 6) is -3.55. The zero-order valence-electron chi connectivity index (χ0n) is 9.87. The molecule has 20 heavy (non-hydrogen) atoms. The van der Waals surface area contributed by atoms with E-state index in [-0.39, 0.29) is 11.4 Å². The first-order chi connectivity index (χ1) is 9.51. The van der Waals surface area contributed by atoms with Gasteiger partial charge in [-0.15, -0.1) is 0 Å². The number of rotatable bonds is 3. The molecular formula is C13H7F4N3. The summed E-state index contributed by atoms with van der Waals surface area (Å²) in [6, 6.07) is 5.19. The molecule has 0 radical (unpaired) electrons. The van der Waals surface area contributed by atoms with Crippen molar-refractivity contribution >= 4 is 11.4 Å². The Morgan fingerprint density at radius 2 is 1.50 bits per heavy atom. The van der Waals surface area contributed by atoms with E-state index in [1.807, 2.05) is 0 Å². The van der Waals surface area contributed by atoms with Gasteiger partial charge in [0.2, 0.25) is 6.19 Å². The molecule has 0 aromatic heterocycles. The van der Waals surface area contributed by atoms with Crippen LogP contribution in [0.25, 0.3) is 0 Å². The van der Waals surface area contributed by atoms with Crippen LogP contribution in [0.4, 0.5) is 28.9 Å². The summed E-state index contributed by atoms with van der Waals surface area (Å²) in [5, 5.41) is 9.54. The zero-order chi connectivity index (χ0) is 14.7. The molecule has 0 saturated carbocycles. The largest absolute Gasteiger partial charge is 0.282 e. The Kier molecular flexibility index (Phi) is 3.75. The predicted octanol–water partition coefficient (Wildman–Crippen LogP) is 3.56. The number of halogens is 4. The number of nitrogens with one attached hydrogen (secondary N) is 1. The quantitative estimate of drug-likeness (QED) is 0.404. The third kappa shape index (κ3) is 2.80. The minimum absolute atomic E-state index is 0.225. The molecule has 0 fully saturated rings. The second-order valence-electron chi connectivity index (χ2n) is 3.77. The van der Waals surface area contributed by atoms with Gasteiger partial charge in [0.1, 0.15) is 17.3 Å². The van der Waals surface area contributed by atoms with Gasteiger partial charge < -0.3 is 0 Å². The molecule has 0 saturated heterocycles. The summed E-state index contributed by atoms with van der Waals surface area (Å²) >= 11 is 0. The first-order valence-corrected chi connectivity index (χ1v) is 5.38. The van der Waals surface area contributed by atoms with Crippen LogP contribution in [0.5, 0.6) is 0 Å². The maximum atomic E-state index is 13.5. The minimum atomic E-state index is -0.999. The van der Waals surface area contributed by atoms with Crippen LogP contribution in [0.1, 0.15) is 0 Å². The molecule has 0 aliphatic carbocycles. The Balaban J connectivity index is 2.32. The fraction of sp³-hybridized carbons (Fsp3) is 0. The van der Waals surface area contributed by atoms with Crippen molar-refractivity contribution in [2.24, 2.45) is 0 Å². The van der Waals surface area contributed by atoms with Crippen LogP contribution in [-0.4, -0.2) is 0 Å². The van der Waals surface area contributed by atoms with E-state index >= 15 is 0 Å². The van der Waals surface area contributed by atoms with Gasteiger partial charge in [-0.3, -0.25) is 5.43 Å². The number of nitriles is 1. The summed E-state index contributed by atoms with van der Waals surface area (Å²) in [6.07, 6.45) is 1.57. The maximum absolute atomic E-state index is 13.5. The van der Waals surface area contributed by atoms with Gasteiger partial charge >= 0.3 is 0 Å². The van der Waals surface area contributed by atoms with Crippen molar-refractivity contribution in [1.82, 2.24) is 0 Å². The van der Waals surface area contributed by atoms with Gasteiger partial charge in [0, 0.05) is 12.1 Å². The van der Waals surface area contributed by atoms with Crippen molar-refractivity contribution in [2.45, 2.75) is 0 Å². The fourth-order valence-corrected chi connectivity index (χ4v) is 1.50. The first kappa shape index (κ1) is 13.7. The monoisotopic (exact) mass is 281 g/mol. The van der Waals surface area contributed by atoms with E-state index in [0.29, 0.717) is 17.1 Å². The van der Waals surface area contributed by atoms with Crippen molar-refractivity contribution < 1.29 is 17.6 Å². The van der Waals surface area contributed by atoms with Gasteiger partial charge in [-0.05, 0) is 24.3 Å². The Morgan fingerprint density at radius 1 is 0.900 bits per heavy atom. The Bertz CT molecular complexity index is 682. The molecule has 0 atom stereocenters. The van der Waals surface area contributed by atoms with Crippen molar-refractivity contribution in [2.75, 3.05) is 10.4 Å². The Hall–Kier alpha value is -2.75. The van der Waals surface area contributed by atoms with E-state index < -0.39 is 23.3 Å². The SMILES string of the molecule is N#CN(Nc1ccc(F)cc1F)c1ccc(F)cc1F. The number of benzene rings is 2. The normalized spacial score (nSPS) is 9.95. The molecule has 102 valence electrons. The zero-order valence-corrected chi connectivity index (χ0v) is 9.87. The molecular weight excluding hydrogens is 274 g/mol. The number of nitrogens with zero attached hydrogens (tertiary/aromatic N) is 2. The number of anilines is 2. The average Bonchev–Trinajstić information content (AvgIpc) is 2.39. The van der Waals surface area contributed by atoms with Crippen LogP contribution in [0.2, 0.25) is 0 Å². The lowest BCUT2D eigenvalue weighted by molar-refractivity contribution is 0.580. The molecule has 3 nitrogen and oxygen atoms in total. The van der Waals surface area contributed by atoms with E-state index in [1.54, 1.807) is 6.19 Å². The topological polar surface area (TPSA) is 39.1 Å². The van der Waals surface area contributed by atoms with Crippen molar-refractivity contribution in [3.05, 3.63) is 59.7 Å². The smallest absolute Gasteiger partial charge is 0.205 e. The third-order valence-corrected chi connectivity index (χ3v) is 2.41.